The van der Waals surface area contributed by atoms with Crippen LogP contribution in [0.15, 0.2) is 29.2 Å². The van der Waals surface area contributed by atoms with Crippen molar-refractivity contribution in [2.24, 2.45) is 0 Å². The number of imide groups is 1. The molecule has 1 heterocycles. The van der Waals surface area contributed by atoms with Gasteiger partial charge in [-0.1, -0.05) is 12.1 Å². The predicted octanol–water partition coefficient (Wildman–Crippen LogP) is 1.94. The molecule has 0 aliphatic carbocycles. The van der Waals surface area contributed by atoms with Crippen LogP contribution in [0, 0.1) is 0 Å². The number of carbonyl (C=O) groups is 3. The average molecular weight is 263 g/mol. The molecule has 5 nitrogen and oxygen atoms in total. The highest BCUT2D eigenvalue weighted by atomic mass is 32.2. The van der Waals surface area contributed by atoms with Crippen LogP contribution in [0.2, 0.25) is 0 Å². The third kappa shape index (κ3) is 2.98. The highest BCUT2D eigenvalue weighted by molar-refractivity contribution is 8.18. The van der Waals surface area contributed by atoms with E-state index >= 15 is 0 Å². The van der Waals surface area contributed by atoms with Crippen LogP contribution < -0.4 is 10.1 Å². The Kier molecular flexibility index (Phi) is 3.47. The summed E-state index contributed by atoms with van der Waals surface area (Å²) in [6.45, 7) is 1.32. The molecule has 18 heavy (non-hydrogen) atoms. The van der Waals surface area contributed by atoms with Gasteiger partial charge in [0.25, 0.3) is 11.1 Å². The van der Waals surface area contributed by atoms with Crippen molar-refractivity contribution in [3.63, 3.8) is 0 Å². The summed E-state index contributed by atoms with van der Waals surface area (Å²) < 4.78 is 4.88. The van der Waals surface area contributed by atoms with Gasteiger partial charge in [0.05, 0.1) is 4.91 Å². The normalized spacial score (nSPS) is 16.8. The van der Waals surface area contributed by atoms with Crippen molar-refractivity contribution in [2.45, 2.75) is 6.92 Å². The number of carbonyl (C=O) groups excluding carboxylic acids is 3. The summed E-state index contributed by atoms with van der Waals surface area (Å²) in [5.74, 6) is -0.351. The lowest BCUT2D eigenvalue weighted by atomic mass is 10.2. The molecule has 0 unspecified atom stereocenters. The van der Waals surface area contributed by atoms with Gasteiger partial charge in [0.1, 0.15) is 5.75 Å². The number of esters is 1. The number of amides is 2. The highest BCUT2D eigenvalue weighted by Crippen LogP contribution is 2.26. The molecule has 0 aromatic heterocycles. The van der Waals surface area contributed by atoms with Crippen LogP contribution in [0.3, 0.4) is 0 Å². The van der Waals surface area contributed by atoms with Gasteiger partial charge in [-0.15, -0.1) is 0 Å². The monoisotopic (exact) mass is 263 g/mol. The number of ether oxygens (including phenoxy) is 1. The molecular weight excluding hydrogens is 254 g/mol. The Labute approximate surface area is 107 Å². The van der Waals surface area contributed by atoms with E-state index in [0.29, 0.717) is 10.7 Å². The molecule has 1 aromatic rings. The molecule has 0 bridgehead atoms. The molecule has 1 saturated heterocycles. The number of hydrogen-bond donors (Lipinski definition) is 1. The van der Waals surface area contributed by atoms with Crippen LogP contribution in [0.1, 0.15) is 12.5 Å². The van der Waals surface area contributed by atoms with E-state index in [1.54, 1.807) is 30.3 Å². The third-order valence-corrected chi connectivity index (χ3v) is 2.89. The van der Waals surface area contributed by atoms with Crippen LogP contribution in [0.25, 0.3) is 6.08 Å². The largest absolute Gasteiger partial charge is 0.427 e. The Bertz CT molecular complexity index is 548. The summed E-state index contributed by atoms with van der Waals surface area (Å²) >= 11 is 0.860. The molecule has 0 radical (unpaired) electrons. The van der Waals surface area contributed by atoms with E-state index in [4.69, 9.17) is 4.74 Å². The van der Waals surface area contributed by atoms with Gasteiger partial charge in [-0.25, -0.2) is 0 Å². The van der Waals surface area contributed by atoms with Gasteiger partial charge in [0.2, 0.25) is 0 Å². The van der Waals surface area contributed by atoms with Crippen molar-refractivity contribution in [3.8, 4) is 5.75 Å². The van der Waals surface area contributed by atoms with Gasteiger partial charge >= 0.3 is 5.97 Å². The molecule has 2 rings (SSSR count). The van der Waals surface area contributed by atoms with Crippen LogP contribution >= 0.6 is 11.8 Å². The van der Waals surface area contributed by atoms with E-state index in [2.05, 4.69) is 5.32 Å². The quantitative estimate of drug-likeness (QED) is 0.501. The number of benzene rings is 1. The summed E-state index contributed by atoms with van der Waals surface area (Å²) in [4.78, 5) is 33.3. The maximum Gasteiger partial charge on any atom is 0.308 e. The predicted molar refractivity (Wildman–Crippen MR) is 66.9 cm³/mol. The number of rotatable bonds is 2. The molecule has 1 aromatic carbocycles. The fourth-order valence-corrected chi connectivity index (χ4v) is 2.05. The van der Waals surface area contributed by atoms with Gasteiger partial charge < -0.3 is 4.74 Å². The lowest BCUT2D eigenvalue weighted by Crippen LogP contribution is -2.17. The molecule has 92 valence electrons. The minimum atomic E-state index is -0.394. The van der Waals surface area contributed by atoms with E-state index in [-0.39, 0.29) is 5.24 Å². The first-order chi connectivity index (χ1) is 8.54. The van der Waals surface area contributed by atoms with Crippen LogP contribution in [-0.4, -0.2) is 17.1 Å². The highest BCUT2D eigenvalue weighted by Gasteiger charge is 2.24. The van der Waals surface area contributed by atoms with Crippen LogP contribution in [0.5, 0.6) is 5.75 Å². The first-order valence-corrected chi connectivity index (χ1v) is 5.89. The van der Waals surface area contributed by atoms with E-state index in [0.717, 1.165) is 17.3 Å². The van der Waals surface area contributed by atoms with E-state index < -0.39 is 11.9 Å². The summed E-state index contributed by atoms with van der Waals surface area (Å²) in [5, 5.41) is 1.80. The maximum atomic E-state index is 11.3. The molecule has 1 N–H and O–H groups in total. The Morgan fingerprint density at radius 3 is 2.44 bits per heavy atom. The molecule has 1 aliphatic rings. The average Bonchev–Trinajstić information content (AvgIpc) is 2.59. The minimum Gasteiger partial charge on any atom is -0.427 e. The van der Waals surface area contributed by atoms with Gasteiger partial charge in [-0.2, -0.15) is 0 Å². The fraction of sp³-hybridized carbons (Fsp3) is 0.0833. The third-order valence-electron chi connectivity index (χ3n) is 2.08. The van der Waals surface area contributed by atoms with Gasteiger partial charge in [-0.05, 0) is 35.5 Å². The van der Waals surface area contributed by atoms with Gasteiger partial charge in [0.15, 0.2) is 0 Å². The second kappa shape index (κ2) is 5.05. The number of hydrogen-bond acceptors (Lipinski definition) is 5. The second-order valence-corrected chi connectivity index (χ2v) is 4.53. The van der Waals surface area contributed by atoms with E-state index in [1.807, 2.05) is 0 Å². The molecule has 0 spiro atoms. The molecule has 0 saturated carbocycles. The summed E-state index contributed by atoms with van der Waals surface area (Å²) in [5.41, 5.74) is 0.748. The lowest BCUT2D eigenvalue weighted by molar-refractivity contribution is -0.131. The molecule has 0 atom stereocenters. The smallest absolute Gasteiger partial charge is 0.308 e. The Hall–Kier alpha value is -2.08. The molecule has 1 aliphatic heterocycles. The second-order valence-electron chi connectivity index (χ2n) is 3.51. The molecule has 1 fully saturated rings. The molecule has 2 amide bonds. The summed E-state index contributed by atoms with van der Waals surface area (Å²) in [6.07, 6.45) is 1.60. The summed E-state index contributed by atoms with van der Waals surface area (Å²) in [6, 6.07) is 6.63. The first kappa shape index (κ1) is 12.4. The van der Waals surface area contributed by atoms with E-state index in [1.165, 1.54) is 6.92 Å². The zero-order chi connectivity index (χ0) is 13.1. The SMILES string of the molecule is CC(=O)Oc1ccc(C=C2SC(=O)NC2=O)cc1. The Morgan fingerprint density at radius 1 is 1.28 bits per heavy atom. The zero-order valence-electron chi connectivity index (χ0n) is 9.43. The first-order valence-electron chi connectivity index (χ1n) is 5.08. The molecule has 6 heteroatoms. The van der Waals surface area contributed by atoms with Crippen molar-refractivity contribution < 1.29 is 19.1 Å². The standard InChI is InChI=1S/C12H9NO4S/c1-7(14)17-9-4-2-8(3-5-9)6-10-11(15)13-12(16)18-10/h2-6H,1H3,(H,13,15,16). The van der Waals surface area contributed by atoms with Gasteiger partial charge in [0, 0.05) is 6.92 Å². The van der Waals surface area contributed by atoms with Crippen LogP contribution in [0.4, 0.5) is 4.79 Å². The maximum absolute atomic E-state index is 11.3. The van der Waals surface area contributed by atoms with Crippen molar-refractivity contribution >= 4 is 35.0 Å². The summed E-state index contributed by atoms with van der Waals surface area (Å²) in [7, 11) is 0. The Balaban J connectivity index is 2.15. The van der Waals surface area contributed by atoms with Crippen molar-refractivity contribution in [1.29, 1.82) is 0 Å². The Morgan fingerprint density at radius 2 is 1.94 bits per heavy atom. The fourth-order valence-electron chi connectivity index (χ4n) is 1.37. The number of nitrogens with one attached hydrogen (secondary N) is 1. The van der Waals surface area contributed by atoms with E-state index in [9.17, 15) is 14.4 Å². The number of thioether (sulfide) groups is 1. The van der Waals surface area contributed by atoms with Crippen LogP contribution in [-0.2, 0) is 9.59 Å². The van der Waals surface area contributed by atoms with Crippen molar-refractivity contribution in [2.75, 3.05) is 0 Å². The minimum absolute atomic E-state index is 0.347. The topological polar surface area (TPSA) is 72.5 Å². The van der Waals surface area contributed by atoms with Gasteiger partial charge in [-0.3, -0.25) is 19.7 Å². The van der Waals surface area contributed by atoms with Crippen molar-refractivity contribution in [3.05, 3.63) is 34.7 Å². The molecular formula is C12H9NO4S. The lowest BCUT2D eigenvalue weighted by Gasteiger charge is -2.01. The zero-order valence-corrected chi connectivity index (χ0v) is 10.2. The van der Waals surface area contributed by atoms with Crippen molar-refractivity contribution in [1.82, 2.24) is 5.32 Å².